The first-order valence-electron chi connectivity index (χ1n) is 10.8. The Kier molecular flexibility index (Phi) is 5.89. The third-order valence-electron chi connectivity index (χ3n) is 5.49. The first-order chi connectivity index (χ1) is 15.8. The molecule has 32 heavy (non-hydrogen) atoms. The first-order valence-corrected chi connectivity index (χ1v) is 11.6. The minimum atomic E-state index is -0.339. The predicted molar refractivity (Wildman–Crippen MR) is 130 cm³/mol. The average molecular weight is 442 g/mol. The Morgan fingerprint density at radius 2 is 1.72 bits per heavy atom. The van der Waals surface area contributed by atoms with Crippen molar-refractivity contribution >= 4 is 39.5 Å². The van der Waals surface area contributed by atoms with E-state index in [0.29, 0.717) is 5.69 Å². The molecule has 1 saturated heterocycles. The largest absolute Gasteiger partial charge is 0.348 e. The van der Waals surface area contributed by atoms with Crippen LogP contribution < -0.4 is 10.3 Å². The molecular formula is C25H23N5OS. The van der Waals surface area contributed by atoms with Crippen molar-refractivity contribution in [3.63, 3.8) is 0 Å². The summed E-state index contributed by atoms with van der Waals surface area (Å²) in [7, 11) is 0. The van der Waals surface area contributed by atoms with Crippen molar-refractivity contribution in [3.05, 3.63) is 77.3 Å². The zero-order valence-corrected chi connectivity index (χ0v) is 18.4. The van der Waals surface area contributed by atoms with Crippen molar-refractivity contribution in [1.29, 1.82) is 0 Å². The number of hydrogen-bond acceptors (Lipinski definition) is 6. The van der Waals surface area contributed by atoms with Crippen LogP contribution in [0.5, 0.6) is 0 Å². The Hall–Kier alpha value is -3.58. The molecule has 7 heteroatoms. The van der Waals surface area contributed by atoms with Gasteiger partial charge in [0.1, 0.15) is 5.69 Å². The number of pyridine rings is 1. The van der Waals surface area contributed by atoms with Crippen molar-refractivity contribution in [2.75, 3.05) is 18.0 Å². The number of para-hydroxylation sites is 1. The normalized spacial score (nSPS) is 14.2. The van der Waals surface area contributed by atoms with Gasteiger partial charge in [0.25, 0.3) is 5.91 Å². The molecule has 2 aromatic heterocycles. The minimum Gasteiger partial charge on any atom is -0.348 e. The summed E-state index contributed by atoms with van der Waals surface area (Å²) < 4.78 is 0. The number of nitrogens with zero attached hydrogens (tertiary/aromatic N) is 4. The van der Waals surface area contributed by atoms with Gasteiger partial charge in [-0.1, -0.05) is 65.9 Å². The molecule has 1 fully saturated rings. The molecule has 1 N–H and O–H groups in total. The molecule has 2 aromatic carbocycles. The topological polar surface area (TPSA) is 70.5 Å². The summed E-state index contributed by atoms with van der Waals surface area (Å²) in [5, 5.41) is 6.23. The van der Waals surface area contributed by atoms with Gasteiger partial charge in [0.05, 0.1) is 22.3 Å². The van der Waals surface area contributed by atoms with Gasteiger partial charge in [0.15, 0.2) is 5.13 Å². The molecule has 0 bridgehead atoms. The lowest BCUT2D eigenvalue weighted by Crippen LogP contribution is -2.29. The van der Waals surface area contributed by atoms with E-state index in [2.05, 4.69) is 20.4 Å². The van der Waals surface area contributed by atoms with Gasteiger partial charge >= 0.3 is 0 Å². The van der Waals surface area contributed by atoms with Gasteiger partial charge < -0.3 is 4.90 Å². The van der Waals surface area contributed by atoms with Gasteiger partial charge in [-0.3, -0.25) is 4.79 Å². The molecule has 0 radical (unpaired) electrons. The van der Waals surface area contributed by atoms with Crippen LogP contribution in [0.1, 0.15) is 34.6 Å². The van der Waals surface area contributed by atoms with Crippen molar-refractivity contribution in [2.45, 2.75) is 19.3 Å². The molecular weight excluding hydrogens is 418 g/mol. The van der Waals surface area contributed by atoms with E-state index in [1.807, 2.05) is 60.7 Å². The van der Waals surface area contributed by atoms with Gasteiger partial charge in [-0.2, -0.15) is 5.10 Å². The van der Waals surface area contributed by atoms with Gasteiger partial charge in [-0.15, -0.1) is 0 Å². The number of piperidine rings is 1. The number of carbonyl (C=O) groups is 1. The van der Waals surface area contributed by atoms with E-state index in [-0.39, 0.29) is 5.91 Å². The number of hydrazone groups is 1. The molecule has 4 aromatic rings. The lowest BCUT2D eigenvalue weighted by Gasteiger charge is -2.25. The van der Waals surface area contributed by atoms with Crippen LogP contribution in [0.4, 0.5) is 5.13 Å². The van der Waals surface area contributed by atoms with E-state index in [0.717, 1.165) is 45.3 Å². The highest BCUT2D eigenvalue weighted by atomic mass is 32.1. The van der Waals surface area contributed by atoms with Crippen LogP contribution in [0.2, 0.25) is 0 Å². The van der Waals surface area contributed by atoms with Crippen molar-refractivity contribution in [2.24, 2.45) is 5.10 Å². The second kappa shape index (κ2) is 9.28. The van der Waals surface area contributed by atoms with E-state index in [4.69, 9.17) is 4.98 Å². The monoisotopic (exact) mass is 441 g/mol. The van der Waals surface area contributed by atoms with E-state index >= 15 is 0 Å². The fourth-order valence-corrected chi connectivity index (χ4v) is 4.84. The molecule has 1 aliphatic heterocycles. The molecule has 0 atom stereocenters. The number of nitrogens with one attached hydrogen (secondary N) is 1. The Morgan fingerprint density at radius 3 is 2.56 bits per heavy atom. The quantitative estimate of drug-likeness (QED) is 0.345. The summed E-state index contributed by atoms with van der Waals surface area (Å²) in [6.07, 6.45) is 5.35. The SMILES string of the molecule is O=C(NN=Cc1sc(N2CCCCC2)nc1-c1ccccc1)c1ccc2ccccc2n1. The average Bonchev–Trinajstić information content (AvgIpc) is 3.29. The summed E-state index contributed by atoms with van der Waals surface area (Å²) in [5.41, 5.74) is 5.66. The van der Waals surface area contributed by atoms with Crippen LogP contribution in [0.3, 0.4) is 0 Å². The Morgan fingerprint density at radius 1 is 0.938 bits per heavy atom. The molecule has 0 spiro atoms. The second-order valence-electron chi connectivity index (χ2n) is 7.71. The fraction of sp³-hybridized carbons (Fsp3) is 0.200. The Bertz CT molecular complexity index is 1260. The molecule has 6 nitrogen and oxygen atoms in total. The number of fused-ring (bicyclic) bond motifs is 1. The lowest BCUT2D eigenvalue weighted by atomic mass is 10.1. The van der Waals surface area contributed by atoms with Crippen LogP contribution in [0.15, 0.2) is 71.8 Å². The number of amides is 1. The first kappa shape index (κ1) is 20.3. The summed E-state index contributed by atoms with van der Waals surface area (Å²) >= 11 is 1.61. The number of carbonyl (C=O) groups excluding carboxylic acids is 1. The molecule has 1 amide bonds. The summed E-state index contributed by atoms with van der Waals surface area (Å²) in [6, 6.07) is 21.4. The van der Waals surface area contributed by atoms with E-state index in [1.54, 1.807) is 23.6 Å². The lowest BCUT2D eigenvalue weighted by molar-refractivity contribution is 0.0950. The molecule has 3 heterocycles. The zero-order valence-electron chi connectivity index (χ0n) is 17.6. The highest BCUT2D eigenvalue weighted by Gasteiger charge is 2.18. The van der Waals surface area contributed by atoms with Crippen LogP contribution in [-0.2, 0) is 0 Å². The summed E-state index contributed by atoms with van der Waals surface area (Å²) in [5.74, 6) is -0.339. The molecule has 0 aliphatic carbocycles. The second-order valence-corrected chi connectivity index (χ2v) is 8.72. The van der Waals surface area contributed by atoms with Crippen LogP contribution in [-0.4, -0.2) is 35.2 Å². The Labute approximate surface area is 190 Å². The highest BCUT2D eigenvalue weighted by Crippen LogP contribution is 2.33. The van der Waals surface area contributed by atoms with Crippen LogP contribution in [0.25, 0.3) is 22.2 Å². The van der Waals surface area contributed by atoms with E-state index in [9.17, 15) is 4.79 Å². The van der Waals surface area contributed by atoms with Crippen molar-refractivity contribution < 1.29 is 4.79 Å². The molecule has 160 valence electrons. The predicted octanol–water partition coefficient (Wildman–Crippen LogP) is 5.11. The molecule has 1 aliphatic rings. The van der Waals surface area contributed by atoms with Crippen LogP contribution >= 0.6 is 11.3 Å². The Balaban J connectivity index is 1.38. The molecule has 0 saturated carbocycles. The van der Waals surface area contributed by atoms with Gasteiger partial charge in [-0.25, -0.2) is 15.4 Å². The van der Waals surface area contributed by atoms with Gasteiger partial charge in [0.2, 0.25) is 0 Å². The highest BCUT2D eigenvalue weighted by molar-refractivity contribution is 7.17. The third-order valence-corrected chi connectivity index (χ3v) is 6.55. The number of anilines is 1. The van der Waals surface area contributed by atoms with E-state index in [1.165, 1.54) is 19.3 Å². The zero-order chi connectivity index (χ0) is 21.8. The third kappa shape index (κ3) is 4.38. The van der Waals surface area contributed by atoms with E-state index < -0.39 is 0 Å². The number of hydrogen-bond donors (Lipinski definition) is 1. The van der Waals surface area contributed by atoms with Crippen LogP contribution in [0, 0.1) is 0 Å². The minimum absolute atomic E-state index is 0.336. The summed E-state index contributed by atoms with van der Waals surface area (Å²) in [6.45, 7) is 2.06. The smallest absolute Gasteiger partial charge is 0.289 e. The maximum absolute atomic E-state index is 12.6. The van der Waals surface area contributed by atoms with Gasteiger partial charge in [0, 0.05) is 24.0 Å². The maximum atomic E-state index is 12.6. The maximum Gasteiger partial charge on any atom is 0.289 e. The van der Waals surface area contributed by atoms with Crippen molar-refractivity contribution in [3.8, 4) is 11.3 Å². The summed E-state index contributed by atoms with van der Waals surface area (Å²) in [4.78, 5) is 25.2. The standard InChI is InChI=1S/C25H23N5OS/c31-24(21-14-13-18-9-5-6-12-20(18)27-21)29-26-17-22-23(19-10-3-1-4-11-19)28-25(32-22)30-15-7-2-8-16-30/h1,3-6,9-14,17H,2,7-8,15-16H2,(H,29,31). The number of thiazole rings is 1. The van der Waals surface area contributed by atoms with Gasteiger partial charge in [-0.05, 0) is 31.4 Å². The van der Waals surface area contributed by atoms with Crippen molar-refractivity contribution in [1.82, 2.24) is 15.4 Å². The molecule has 5 rings (SSSR count). The fourth-order valence-electron chi connectivity index (χ4n) is 3.83. The number of benzene rings is 2. The molecule has 0 unspecified atom stereocenters. The number of rotatable bonds is 5. The number of aromatic nitrogens is 2.